The quantitative estimate of drug-likeness (QED) is 0.755. The fourth-order valence-corrected chi connectivity index (χ4v) is 1.65. The maximum atomic E-state index is 11.4. The van der Waals surface area contributed by atoms with Crippen LogP contribution in [0.25, 0.3) is 0 Å². The Morgan fingerprint density at radius 2 is 2.08 bits per heavy atom. The minimum Gasteiger partial charge on any atom is -0.292 e. The molecule has 1 rings (SSSR count). The number of unbranched alkanes of at least 4 members (excludes halogenated alkanes) is 1. The van der Waals surface area contributed by atoms with Crippen LogP contribution in [-0.2, 0) is 19.9 Å². The molecular weight excluding hydrogens is 164 g/mol. The third-order valence-corrected chi connectivity index (χ3v) is 2.42. The second-order valence-corrected chi connectivity index (χ2v) is 3.38. The fourth-order valence-electron chi connectivity index (χ4n) is 1.65. The zero-order valence-corrected chi connectivity index (χ0v) is 8.68. The van der Waals surface area contributed by atoms with E-state index in [2.05, 4.69) is 12.0 Å². The average Bonchev–Trinajstić information content (AvgIpc) is 2.37. The lowest BCUT2D eigenvalue weighted by Gasteiger charge is -2.02. The van der Waals surface area contributed by atoms with Gasteiger partial charge in [0.25, 0.3) is 5.56 Å². The molecule has 0 saturated heterocycles. The zero-order chi connectivity index (χ0) is 9.84. The summed E-state index contributed by atoms with van der Waals surface area (Å²) >= 11 is 0. The molecule has 0 aromatic carbocycles. The Morgan fingerprint density at radius 3 is 2.62 bits per heavy atom. The summed E-state index contributed by atoms with van der Waals surface area (Å²) < 4.78 is 1.86. The SMILES string of the molecule is CCCCc1c(CC)c(=O)[nH]n1C. The number of nitrogens with one attached hydrogen (secondary N) is 1. The topological polar surface area (TPSA) is 37.8 Å². The van der Waals surface area contributed by atoms with Gasteiger partial charge in [-0.15, -0.1) is 0 Å². The van der Waals surface area contributed by atoms with Crippen LogP contribution in [-0.4, -0.2) is 9.78 Å². The van der Waals surface area contributed by atoms with Crippen molar-refractivity contribution in [1.29, 1.82) is 0 Å². The average molecular weight is 182 g/mol. The first kappa shape index (κ1) is 10.1. The van der Waals surface area contributed by atoms with E-state index in [9.17, 15) is 4.79 Å². The van der Waals surface area contributed by atoms with Crippen molar-refractivity contribution in [3.8, 4) is 0 Å². The van der Waals surface area contributed by atoms with E-state index >= 15 is 0 Å². The Kier molecular flexibility index (Phi) is 3.34. The van der Waals surface area contributed by atoms with Gasteiger partial charge in [-0.25, -0.2) is 0 Å². The monoisotopic (exact) mass is 182 g/mol. The number of H-pyrrole nitrogens is 1. The van der Waals surface area contributed by atoms with E-state index in [0.717, 1.165) is 24.8 Å². The minimum absolute atomic E-state index is 0.0797. The molecular formula is C10H18N2O. The molecule has 0 bridgehead atoms. The molecule has 0 unspecified atom stereocenters. The predicted octanol–water partition coefficient (Wildman–Crippen LogP) is 1.62. The highest BCUT2D eigenvalue weighted by Crippen LogP contribution is 2.07. The highest BCUT2D eigenvalue weighted by molar-refractivity contribution is 5.17. The van der Waals surface area contributed by atoms with Gasteiger partial charge in [-0.3, -0.25) is 14.6 Å². The van der Waals surface area contributed by atoms with Crippen molar-refractivity contribution in [2.45, 2.75) is 39.5 Å². The maximum absolute atomic E-state index is 11.4. The standard InChI is InChI=1S/C10H18N2O/c1-4-6-7-9-8(5-2)10(13)11-12(9)3/h4-7H2,1-3H3,(H,11,13). The Bertz CT molecular complexity index is 322. The van der Waals surface area contributed by atoms with Crippen LogP contribution >= 0.6 is 0 Å². The molecule has 0 radical (unpaired) electrons. The minimum atomic E-state index is 0.0797. The number of hydrogen-bond acceptors (Lipinski definition) is 1. The fraction of sp³-hybridized carbons (Fsp3) is 0.700. The summed E-state index contributed by atoms with van der Waals surface area (Å²) in [5.74, 6) is 0. The van der Waals surface area contributed by atoms with Gasteiger partial charge in [0, 0.05) is 18.3 Å². The van der Waals surface area contributed by atoms with Crippen LogP contribution in [0.3, 0.4) is 0 Å². The summed E-state index contributed by atoms with van der Waals surface area (Å²) in [7, 11) is 1.91. The Hall–Kier alpha value is -0.990. The third-order valence-electron chi connectivity index (χ3n) is 2.42. The first-order chi connectivity index (χ1) is 6.20. The normalized spacial score (nSPS) is 10.7. The second-order valence-electron chi connectivity index (χ2n) is 3.38. The van der Waals surface area contributed by atoms with E-state index in [1.165, 1.54) is 12.1 Å². The van der Waals surface area contributed by atoms with Crippen LogP contribution in [0.5, 0.6) is 0 Å². The highest BCUT2D eigenvalue weighted by Gasteiger charge is 2.09. The number of aryl methyl sites for hydroxylation is 1. The van der Waals surface area contributed by atoms with Crippen LogP contribution in [0.1, 0.15) is 37.9 Å². The van der Waals surface area contributed by atoms with Crippen LogP contribution in [0, 0.1) is 0 Å². The molecule has 0 atom stereocenters. The smallest absolute Gasteiger partial charge is 0.267 e. The summed E-state index contributed by atoms with van der Waals surface area (Å²) in [6.07, 6.45) is 4.16. The number of hydrogen-bond donors (Lipinski definition) is 1. The molecule has 1 heterocycles. The molecule has 0 saturated carbocycles. The van der Waals surface area contributed by atoms with Crippen LogP contribution in [0.4, 0.5) is 0 Å². The number of rotatable bonds is 4. The zero-order valence-electron chi connectivity index (χ0n) is 8.68. The van der Waals surface area contributed by atoms with E-state index in [0.29, 0.717) is 0 Å². The molecule has 0 amide bonds. The summed E-state index contributed by atoms with van der Waals surface area (Å²) in [5.41, 5.74) is 2.21. The Balaban J connectivity index is 2.96. The third kappa shape index (κ3) is 2.02. The van der Waals surface area contributed by atoms with Crippen molar-refractivity contribution in [3.05, 3.63) is 21.6 Å². The molecule has 1 aromatic heterocycles. The molecule has 0 spiro atoms. The van der Waals surface area contributed by atoms with Gasteiger partial charge in [0.1, 0.15) is 0 Å². The summed E-state index contributed by atoms with van der Waals surface area (Å²) in [6, 6.07) is 0. The van der Waals surface area contributed by atoms with Gasteiger partial charge in [0.2, 0.25) is 0 Å². The molecule has 0 aliphatic rings. The predicted molar refractivity (Wildman–Crippen MR) is 54.0 cm³/mol. The van der Waals surface area contributed by atoms with Gasteiger partial charge in [0.05, 0.1) is 0 Å². The molecule has 0 aliphatic carbocycles. The Morgan fingerprint density at radius 1 is 1.38 bits per heavy atom. The molecule has 0 fully saturated rings. The van der Waals surface area contributed by atoms with Gasteiger partial charge in [0.15, 0.2) is 0 Å². The van der Waals surface area contributed by atoms with E-state index < -0.39 is 0 Å². The first-order valence-electron chi connectivity index (χ1n) is 4.97. The van der Waals surface area contributed by atoms with Crippen LogP contribution in [0.15, 0.2) is 4.79 Å². The number of aromatic nitrogens is 2. The largest absolute Gasteiger partial charge is 0.292 e. The summed E-state index contributed by atoms with van der Waals surface area (Å²) in [4.78, 5) is 11.4. The lowest BCUT2D eigenvalue weighted by Crippen LogP contribution is -2.05. The van der Waals surface area contributed by atoms with Gasteiger partial charge >= 0.3 is 0 Å². The summed E-state index contributed by atoms with van der Waals surface area (Å²) in [5, 5.41) is 2.80. The molecule has 3 heteroatoms. The lowest BCUT2D eigenvalue weighted by atomic mass is 10.1. The van der Waals surface area contributed by atoms with Crippen LogP contribution < -0.4 is 5.56 Å². The lowest BCUT2D eigenvalue weighted by molar-refractivity contribution is 0.669. The second kappa shape index (κ2) is 4.30. The van der Waals surface area contributed by atoms with Crippen molar-refractivity contribution in [2.75, 3.05) is 0 Å². The highest BCUT2D eigenvalue weighted by atomic mass is 16.1. The van der Waals surface area contributed by atoms with Crippen molar-refractivity contribution in [2.24, 2.45) is 7.05 Å². The van der Waals surface area contributed by atoms with Crippen molar-refractivity contribution < 1.29 is 0 Å². The van der Waals surface area contributed by atoms with Crippen molar-refractivity contribution >= 4 is 0 Å². The molecule has 1 aromatic rings. The maximum Gasteiger partial charge on any atom is 0.267 e. The van der Waals surface area contributed by atoms with E-state index in [4.69, 9.17) is 0 Å². The van der Waals surface area contributed by atoms with Crippen LogP contribution in [0.2, 0.25) is 0 Å². The number of nitrogens with zero attached hydrogens (tertiary/aromatic N) is 1. The van der Waals surface area contributed by atoms with E-state index in [-0.39, 0.29) is 5.56 Å². The molecule has 1 N–H and O–H groups in total. The molecule has 0 aliphatic heterocycles. The number of aromatic amines is 1. The van der Waals surface area contributed by atoms with Gasteiger partial charge < -0.3 is 0 Å². The van der Waals surface area contributed by atoms with Gasteiger partial charge in [-0.2, -0.15) is 0 Å². The van der Waals surface area contributed by atoms with Crippen molar-refractivity contribution in [1.82, 2.24) is 9.78 Å². The van der Waals surface area contributed by atoms with Gasteiger partial charge in [-0.05, 0) is 19.3 Å². The van der Waals surface area contributed by atoms with E-state index in [1.807, 2.05) is 18.7 Å². The van der Waals surface area contributed by atoms with Crippen molar-refractivity contribution in [3.63, 3.8) is 0 Å². The van der Waals surface area contributed by atoms with E-state index in [1.54, 1.807) is 0 Å². The molecule has 74 valence electrons. The summed E-state index contributed by atoms with van der Waals surface area (Å²) in [6.45, 7) is 4.19. The molecule has 13 heavy (non-hydrogen) atoms. The Labute approximate surface area is 78.8 Å². The van der Waals surface area contributed by atoms with Gasteiger partial charge in [-0.1, -0.05) is 20.3 Å². The first-order valence-corrected chi connectivity index (χ1v) is 4.97. The molecule has 3 nitrogen and oxygen atoms in total.